The maximum absolute atomic E-state index is 13.3. The van der Waals surface area contributed by atoms with Gasteiger partial charge in [-0.2, -0.15) is 0 Å². The molecule has 124 valence electrons. The van der Waals surface area contributed by atoms with Gasteiger partial charge in [-0.15, -0.1) is 0 Å². The normalized spacial score (nSPS) is 11.9. The van der Waals surface area contributed by atoms with Crippen LogP contribution in [0.3, 0.4) is 0 Å². The summed E-state index contributed by atoms with van der Waals surface area (Å²) in [5.41, 5.74) is 1.05. The van der Waals surface area contributed by atoms with E-state index < -0.39 is 9.84 Å². The lowest BCUT2D eigenvalue weighted by Gasteiger charge is -2.10. The second kappa shape index (κ2) is 5.95. The highest BCUT2D eigenvalue weighted by Crippen LogP contribution is 2.32. The van der Waals surface area contributed by atoms with E-state index in [1.807, 2.05) is 0 Å². The van der Waals surface area contributed by atoms with Gasteiger partial charge in [0.1, 0.15) is 0 Å². The zero-order chi connectivity index (χ0) is 17.6. The molecule has 4 aromatic rings. The van der Waals surface area contributed by atoms with E-state index in [9.17, 15) is 8.42 Å². The van der Waals surface area contributed by atoms with Crippen LogP contribution in [0.25, 0.3) is 21.8 Å². The van der Waals surface area contributed by atoms with E-state index in [0.29, 0.717) is 31.9 Å². The first-order chi connectivity index (χ1) is 12.0. The highest BCUT2D eigenvalue weighted by Gasteiger charge is 2.23. The van der Waals surface area contributed by atoms with Gasteiger partial charge in [0.2, 0.25) is 9.84 Å². The average Bonchev–Trinajstić information content (AvgIpc) is 2.60. The fourth-order valence-electron chi connectivity index (χ4n) is 2.78. The Balaban J connectivity index is 2.04. The maximum atomic E-state index is 13.3. The molecule has 2 aromatic heterocycles. The van der Waals surface area contributed by atoms with E-state index >= 15 is 0 Å². The molecule has 25 heavy (non-hydrogen) atoms. The summed E-state index contributed by atoms with van der Waals surface area (Å²) in [6.07, 6.45) is 2.93. The third kappa shape index (κ3) is 2.74. The zero-order valence-electron chi connectivity index (χ0n) is 12.6. The summed E-state index contributed by atoms with van der Waals surface area (Å²) < 4.78 is 26.6. The summed E-state index contributed by atoms with van der Waals surface area (Å²) in [5.74, 6) is 0. The maximum Gasteiger partial charge on any atom is 0.208 e. The first-order valence-corrected chi connectivity index (χ1v) is 9.54. The molecule has 0 saturated carbocycles. The van der Waals surface area contributed by atoms with E-state index in [4.69, 9.17) is 23.2 Å². The van der Waals surface area contributed by atoms with Gasteiger partial charge in [-0.25, -0.2) is 8.42 Å². The molecule has 0 unspecified atom stereocenters. The molecule has 2 aromatic carbocycles. The summed E-state index contributed by atoms with van der Waals surface area (Å²) in [6.45, 7) is 0. The van der Waals surface area contributed by atoms with Crippen molar-refractivity contribution in [1.29, 1.82) is 0 Å². The highest BCUT2D eigenvalue weighted by atomic mass is 35.5. The Morgan fingerprint density at radius 3 is 1.56 bits per heavy atom. The summed E-state index contributed by atoms with van der Waals surface area (Å²) in [5, 5.41) is 2.04. The topological polar surface area (TPSA) is 59.9 Å². The minimum Gasteiger partial charge on any atom is -0.256 e. The fraction of sp³-hybridized carbons (Fsp3) is 0. The number of hydrogen-bond donors (Lipinski definition) is 0. The van der Waals surface area contributed by atoms with Crippen molar-refractivity contribution in [2.75, 3.05) is 0 Å². The van der Waals surface area contributed by atoms with Crippen molar-refractivity contribution in [2.45, 2.75) is 9.79 Å². The number of fused-ring (bicyclic) bond motifs is 2. The van der Waals surface area contributed by atoms with Crippen molar-refractivity contribution in [3.63, 3.8) is 0 Å². The molecule has 0 spiro atoms. The lowest BCUT2D eigenvalue weighted by Crippen LogP contribution is -2.04. The van der Waals surface area contributed by atoms with Gasteiger partial charge < -0.3 is 0 Å². The van der Waals surface area contributed by atoms with Crippen molar-refractivity contribution in [3.05, 3.63) is 71.0 Å². The molecule has 4 nitrogen and oxygen atoms in total. The second-order valence-electron chi connectivity index (χ2n) is 5.44. The van der Waals surface area contributed by atoms with E-state index in [-0.39, 0.29) is 9.79 Å². The van der Waals surface area contributed by atoms with Crippen LogP contribution in [0.2, 0.25) is 10.0 Å². The van der Waals surface area contributed by atoms with Gasteiger partial charge >= 0.3 is 0 Å². The number of sulfone groups is 1. The molecule has 2 heterocycles. The standard InChI is InChI=1S/C18H10Cl2N2O2S/c19-11-1-3-13-15(9-11)21-7-5-17(13)25(23,24)18-6-8-22-16-10-12(20)2-4-14(16)18/h1-10H. The smallest absolute Gasteiger partial charge is 0.208 e. The summed E-state index contributed by atoms with van der Waals surface area (Å²) in [4.78, 5) is 8.77. The highest BCUT2D eigenvalue weighted by molar-refractivity contribution is 7.92. The molecule has 0 aliphatic rings. The molecule has 0 radical (unpaired) electrons. The predicted octanol–water partition coefficient (Wildman–Crippen LogP) is 4.92. The van der Waals surface area contributed by atoms with E-state index in [1.54, 1.807) is 36.4 Å². The van der Waals surface area contributed by atoms with Crippen molar-refractivity contribution in [1.82, 2.24) is 9.97 Å². The van der Waals surface area contributed by atoms with Gasteiger partial charge in [0.15, 0.2) is 0 Å². The Morgan fingerprint density at radius 2 is 1.12 bits per heavy atom. The fourth-order valence-corrected chi connectivity index (χ4v) is 4.75. The first kappa shape index (κ1) is 16.3. The quantitative estimate of drug-likeness (QED) is 0.488. The number of halogens is 2. The van der Waals surface area contributed by atoms with Crippen LogP contribution in [0.5, 0.6) is 0 Å². The summed E-state index contributed by atoms with van der Waals surface area (Å²) in [6, 6.07) is 12.9. The van der Waals surface area contributed by atoms with Gasteiger partial charge in [-0.3, -0.25) is 9.97 Å². The van der Waals surface area contributed by atoms with Crippen molar-refractivity contribution >= 4 is 54.8 Å². The molecule has 0 fully saturated rings. The van der Waals surface area contributed by atoms with Crippen LogP contribution in [-0.2, 0) is 9.84 Å². The minimum atomic E-state index is -3.78. The molecule has 0 N–H and O–H groups in total. The third-order valence-electron chi connectivity index (χ3n) is 3.91. The van der Waals surface area contributed by atoms with E-state index in [1.165, 1.54) is 24.5 Å². The molecule has 7 heteroatoms. The SMILES string of the molecule is O=S(=O)(c1ccnc2cc(Cl)ccc12)c1ccnc2cc(Cl)ccc12. The van der Waals surface area contributed by atoms with Crippen LogP contribution >= 0.6 is 23.2 Å². The average molecular weight is 389 g/mol. The van der Waals surface area contributed by atoms with Crippen LogP contribution in [0.1, 0.15) is 0 Å². The molecule has 0 atom stereocenters. The lowest BCUT2D eigenvalue weighted by molar-refractivity contribution is 0.597. The Hall–Kier alpha value is -2.21. The molecule has 0 saturated heterocycles. The molecule has 4 rings (SSSR count). The number of pyridine rings is 2. The lowest BCUT2D eigenvalue weighted by atomic mass is 10.2. The first-order valence-electron chi connectivity index (χ1n) is 7.30. The number of nitrogens with zero attached hydrogens (tertiary/aromatic N) is 2. The number of rotatable bonds is 2. The summed E-state index contributed by atoms with van der Waals surface area (Å²) >= 11 is 12.0. The van der Waals surface area contributed by atoms with Gasteiger partial charge in [-0.1, -0.05) is 35.3 Å². The molecular weight excluding hydrogens is 379 g/mol. The largest absolute Gasteiger partial charge is 0.256 e. The Morgan fingerprint density at radius 1 is 0.680 bits per heavy atom. The number of aromatic nitrogens is 2. The van der Waals surface area contributed by atoms with Gasteiger partial charge in [0, 0.05) is 33.2 Å². The minimum absolute atomic E-state index is 0.177. The van der Waals surface area contributed by atoms with Crippen molar-refractivity contribution in [3.8, 4) is 0 Å². The molecule has 0 aliphatic heterocycles. The number of hydrogen-bond acceptors (Lipinski definition) is 4. The van der Waals surface area contributed by atoms with Gasteiger partial charge in [-0.05, 0) is 36.4 Å². The van der Waals surface area contributed by atoms with Crippen LogP contribution in [0, 0.1) is 0 Å². The van der Waals surface area contributed by atoms with Crippen molar-refractivity contribution in [2.24, 2.45) is 0 Å². The van der Waals surface area contributed by atoms with Crippen LogP contribution in [0.4, 0.5) is 0 Å². The molecule has 0 bridgehead atoms. The van der Waals surface area contributed by atoms with E-state index in [0.717, 1.165) is 0 Å². The Kier molecular flexibility index (Phi) is 3.87. The zero-order valence-corrected chi connectivity index (χ0v) is 15.0. The Labute approximate surface area is 154 Å². The molecular formula is C18H10Cl2N2O2S. The van der Waals surface area contributed by atoms with Crippen LogP contribution < -0.4 is 0 Å². The van der Waals surface area contributed by atoms with E-state index in [2.05, 4.69) is 9.97 Å². The van der Waals surface area contributed by atoms with Crippen LogP contribution in [0.15, 0.2) is 70.7 Å². The van der Waals surface area contributed by atoms with Crippen molar-refractivity contribution < 1.29 is 8.42 Å². The monoisotopic (exact) mass is 388 g/mol. The molecule has 0 aliphatic carbocycles. The molecule has 0 amide bonds. The van der Waals surface area contributed by atoms with Crippen LogP contribution in [-0.4, -0.2) is 18.4 Å². The Bertz CT molecular complexity index is 1150. The second-order valence-corrected chi connectivity index (χ2v) is 8.20. The predicted molar refractivity (Wildman–Crippen MR) is 99.0 cm³/mol. The third-order valence-corrected chi connectivity index (χ3v) is 6.25. The van der Waals surface area contributed by atoms with Gasteiger partial charge in [0.25, 0.3) is 0 Å². The summed E-state index contributed by atoms with van der Waals surface area (Å²) in [7, 11) is -3.78. The van der Waals surface area contributed by atoms with Gasteiger partial charge in [0.05, 0.1) is 20.8 Å². The number of benzene rings is 2.